The quantitative estimate of drug-likeness (QED) is 0.719. The number of carbonyl (C=O) groups excluding carboxylic acids is 2. The number of hydrogen-bond donors (Lipinski definition) is 1. The van der Waals surface area contributed by atoms with Crippen molar-refractivity contribution >= 4 is 17.5 Å². The minimum Gasteiger partial charge on any atom is -0.337 e. The summed E-state index contributed by atoms with van der Waals surface area (Å²) < 4.78 is 29.5. The first kappa shape index (κ1) is 23.1. The predicted molar refractivity (Wildman–Crippen MR) is 120 cm³/mol. The van der Waals surface area contributed by atoms with Crippen molar-refractivity contribution in [3.8, 4) is 0 Å². The summed E-state index contributed by atoms with van der Waals surface area (Å²) in [6, 6.07) is 2.95. The average molecular weight is 448 g/mol. The number of benzene rings is 1. The average Bonchev–Trinajstić information content (AvgIpc) is 3.45. The maximum absolute atomic E-state index is 14.8. The van der Waals surface area contributed by atoms with E-state index in [0.29, 0.717) is 55.8 Å². The molecule has 1 N–H and O–H groups in total. The number of halogens is 2. The number of nitrogens with one attached hydrogen (secondary N) is 1. The van der Waals surface area contributed by atoms with Crippen LogP contribution in [0.15, 0.2) is 12.1 Å². The molecule has 32 heavy (non-hydrogen) atoms. The Balaban J connectivity index is 1.41. The third-order valence-electron chi connectivity index (χ3n) is 7.67. The summed E-state index contributed by atoms with van der Waals surface area (Å²) in [7, 11) is 0. The molecular formula is C25H35F2N3O2. The highest BCUT2D eigenvalue weighted by molar-refractivity contribution is 5.98. The van der Waals surface area contributed by atoms with E-state index in [1.54, 1.807) is 6.92 Å². The fourth-order valence-corrected chi connectivity index (χ4v) is 5.59. The van der Waals surface area contributed by atoms with Gasteiger partial charge in [-0.25, -0.2) is 8.78 Å². The maximum atomic E-state index is 14.8. The van der Waals surface area contributed by atoms with Crippen LogP contribution in [0, 0.1) is 18.7 Å². The Bertz CT molecular complexity index is 863. The molecule has 1 heterocycles. The van der Waals surface area contributed by atoms with Crippen molar-refractivity contribution in [3.63, 3.8) is 0 Å². The van der Waals surface area contributed by atoms with E-state index in [2.05, 4.69) is 17.1 Å². The molecule has 1 aromatic carbocycles. The Hall–Kier alpha value is -2.02. The van der Waals surface area contributed by atoms with Gasteiger partial charge in [0.15, 0.2) is 5.67 Å². The fourth-order valence-electron chi connectivity index (χ4n) is 5.59. The van der Waals surface area contributed by atoms with Gasteiger partial charge in [0, 0.05) is 49.4 Å². The highest BCUT2D eigenvalue weighted by Crippen LogP contribution is 2.35. The van der Waals surface area contributed by atoms with Crippen LogP contribution in [0.2, 0.25) is 0 Å². The molecule has 0 radical (unpaired) electrons. The molecule has 176 valence electrons. The van der Waals surface area contributed by atoms with Crippen LogP contribution in [0.1, 0.15) is 69.4 Å². The lowest BCUT2D eigenvalue weighted by molar-refractivity contribution is -0.140. The highest BCUT2D eigenvalue weighted by Gasteiger charge is 2.41. The van der Waals surface area contributed by atoms with Crippen LogP contribution in [0.4, 0.5) is 14.5 Å². The summed E-state index contributed by atoms with van der Waals surface area (Å²) in [6.07, 6.45) is 6.18. The Morgan fingerprint density at radius 1 is 1.12 bits per heavy atom. The summed E-state index contributed by atoms with van der Waals surface area (Å²) in [6.45, 7) is 6.25. The molecule has 3 aliphatic rings. The van der Waals surface area contributed by atoms with Gasteiger partial charge >= 0.3 is 0 Å². The second-order valence-corrected chi connectivity index (χ2v) is 9.92. The van der Waals surface area contributed by atoms with Crippen LogP contribution in [0.25, 0.3) is 0 Å². The predicted octanol–water partition coefficient (Wildman–Crippen LogP) is 4.58. The van der Waals surface area contributed by atoms with Gasteiger partial charge in [-0.1, -0.05) is 12.8 Å². The first-order valence-electron chi connectivity index (χ1n) is 12.1. The normalized spacial score (nSPS) is 24.1. The molecule has 2 saturated carbocycles. The number of nitrogens with zero attached hydrogens (tertiary/aromatic N) is 2. The van der Waals surface area contributed by atoms with Crippen molar-refractivity contribution in [2.45, 2.75) is 83.5 Å². The van der Waals surface area contributed by atoms with E-state index in [4.69, 9.17) is 0 Å². The lowest BCUT2D eigenvalue weighted by atomic mass is 10.0. The van der Waals surface area contributed by atoms with E-state index in [0.717, 1.165) is 25.7 Å². The Kier molecular flexibility index (Phi) is 6.84. The molecule has 5 nitrogen and oxygen atoms in total. The van der Waals surface area contributed by atoms with Crippen molar-refractivity contribution in [2.24, 2.45) is 5.92 Å². The van der Waals surface area contributed by atoms with Crippen molar-refractivity contribution in [1.82, 2.24) is 9.80 Å². The molecule has 1 aromatic rings. The van der Waals surface area contributed by atoms with Crippen LogP contribution in [-0.4, -0.2) is 53.0 Å². The van der Waals surface area contributed by atoms with Crippen LogP contribution in [0.5, 0.6) is 0 Å². The van der Waals surface area contributed by atoms with Gasteiger partial charge in [-0.15, -0.1) is 0 Å². The van der Waals surface area contributed by atoms with Crippen LogP contribution < -0.4 is 5.32 Å². The van der Waals surface area contributed by atoms with Crippen molar-refractivity contribution < 1.29 is 18.4 Å². The van der Waals surface area contributed by atoms with Gasteiger partial charge in [0.05, 0.1) is 0 Å². The number of alkyl halides is 1. The topological polar surface area (TPSA) is 52.7 Å². The summed E-state index contributed by atoms with van der Waals surface area (Å²) in [5, 5.41) is 2.71. The molecule has 7 heteroatoms. The Labute approximate surface area is 189 Å². The van der Waals surface area contributed by atoms with Crippen LogP contribution in [0.3, 0.4) is 0 Å². The number of piperazine rings is 1. The first-order valence-corrected chi connectivity index (χ1v) is 12.1. The van der Waals surface area contributed by atoms with Gasteiger partial charge in [-0.3, -0.25) is 14.5 Å². The van der Waals surface area contributed by atoms with Gasteiger partial charge in [0.25, 0.3) is 5.91 Å². The summed E-state index contributed by atoms with van der Waals surface area (Å²) in [5.41, 5.74) is -0.195. The molecular weight excluding hydrogens is 412 g/mol. The van der Waals surface area contributed by atoms with E-state index in [9.17, 15) is 18.4 Å². The molecule has 2 amide bonds. The molecule has 0 aromatic heterocycles. The van der Waals surface area contributed by atoms with Crippen LogP contribution in [-0.2, 0) is 16.1 Å². The van der Waals surface area contributed by atoms with E-state index in [1.807, 2.05) is 4.90 Å². The maximum Gasteiger partial charge on any atom is 0.262 e. The molecule has 4 rings (SSSR count). The summed E-state index contributed by atoms with van der Waals surface area (Å²) in [5.74, 6) is -0.506. The number of rotatable bonds is 5. The van der Waals surface area contributed by atoms with Crippen molar-refractivity contribution in [2.75, 3.05) is 25.0 Å². The molecule has 2 aliphatic carbocycles. The van der Waals surface area contributed by atoms with E-state index in [-0.39, 0.29) is 36.5 Å². The number of anilines is 1. The minimum absolute atomic E-state index is 0.0804. The third-order valence-corrected chi connectivity index (χ3v) is 7.67. The fraction of sp³-hybridized carbons (Fsp3) is 0.680. The minimum atomic E-state index is -1.82. The van der Waals surface area contributed by atoms with Gasteiger partial charge in [-0.05, 0) is 70.1 Å². The molecule has 1 atom stereocenters. The van der Waals surface area contributed by atoms with Gasteiger partial charge in [0.2, 0.25) is 5.91 Å². The highest BCUT2D eigenvalue weighted by atomic mass is 19.1. The smallest absolute Gasteiger partial charge is 0.262 e. The third kappa shape index (κ3) is 4.68. The standard InChI is InChI=1S/C25H35F2N3O2/c1-17-15-29(13-14-30(17)23(31)19-7-3-4-8-19)16-20-18(2)22(10-9-21(20)26)28-24(32)25(27)11-5-6-12-25/h9-10,17,19H,3-8,11-16H2,1-2H3,(H,28,32). The molecule has 0 spiro atoms. The first-order chi connectivity index (χ1) is 15.3. The second kappa shape index (κ2) is 9.46. The van der Waals surface area contributed by atoms with Crippen molar-refractivity contribution in [3.05, 3.63) is 29.1 Å². The molecule has 3 fully saturated rings. The number of carbonyl (C=O) groups is 2. The lowest BCUT2D eigenvalue weighted by Crippen LogP contribution is -2.54. The van der Waals surface area contributed by atoms with E-state index in [1.165, 1.54) is 12.1 Å². The zero-order valence-electron chi connectivity index (χ0n) is 19.3. The van der Waals surface area contributed by atoms with Gasteiger partial charge < -0.3 is 10.2 Å². The molecule has 1 unspecified atom stereocenters. The monoisotopic (exact) mass is 447 g/mol. The second-order valence-electron chi connectivity index (χ2n) is 9.92. The van der Waals surface area contributed by atoms with Gasteiger partial charge in [0.1, 0.15) is 5.82 Å². The Morgan fingerprint density at radius 2 is 1.81 bits per heavy atom. The zero-order valence-corrected chi connectivity index (χ0v) is 19.3. The Morgan fingerprint density at radius 3 is 2.47 bits per heavy atom. The molecule has 1 aliphatic heterocycles. The van der Waals surface area contributed by atoms with Crippen molar-refractivity contribution in [1.29, 1.82) is 0 Å². The number of amides is 2. The molecule has 0 bridgehead atoms. The largest absolute Gasteiger partial charge is 0.337 e. The summed E-state index contributed by atoms with van der Waals surface area (Å²) in [4.78, 5) is 29.5. The van der Waals surface area contributed by atoms with E-state index < -0.39 is 11.6 Å². The van der Waals surface area contributed by atoms with Crippen LogP contribution >= 0.6 is 0 Å². The lowest BCUT2D eigenvalue weighted by Gasteiger charge is -2.41. The van der Waals surface area contributed by atoms with Gasteiger partial charge in [-0.2, -0.15) is 0 Å². The van der Waals surface area contributed by atoms with E-state index >= 15 is 0 Å². The zero-order chi connectivity index (χ0) is 22.9. The SMILES string of the molecule is Cc1c(NC(=O)C2(F)CCCC2)ccc(F)c1CN1CCN(C(=O)C2CCCC2)C(C)C1. The summed E-state index contributed by atoms with van der Waals surface area (Å²) >= 11 is 0. The number of hydrogen-bond acceptors (Lipinski definition) is 3. The molecule has 1 saturated heterocycles.